The van der Waals surface area contributed by atoms with Crippen molar-refractivity contribution in [2.45, 2.75) is 75.5 Å². The average Bonchev–Trinajstić information content (AvgIpc) is 3.67. The number of oxazole rings is 1. The number of nitrogens with zero attached hydrogens (tertiary/aromatic N) is 5. The Balaban J connectivity index is 0.928. The van der Waals surface area contributed by atoms with E-state index in [9.17, 15) is 18.3 Å². The van der Waals surface area contributed by atoms with Gasteiger partial charge in [0.15, 0.2) is 5.58 Å². The van der Waals surface area contributed by atoms with Crippen LogP contribution in [0.2, 0.25) is 5.02 Å². The number of aliphatic hydroxyl groups excluding tert-OH is 1. The lowest BCUT2D eigenvalue weighted by Crippen LogP contribution is -2.42. The summed E-state index contributed by atoms with van der Waals surface area (Å²) in [7, 11) is -2.17. The lowest BCUT2D eigenvalue weighted by molar-refractivity contribution is -0.122. The fourth-order valence-corrected chi connectivity index (χ4v) is 10.2. The molecule has 3 aromatic carbocycles. The Labute approximate surface area is 352 Å². The van der Waals surface area contributed by atoms with Crippen LogP contribution in [-0.2, 0) is 34.3 Å². The molecule has 1 saturated carbocycles. The summed E-state index contributed by atoms with van der Waals surface area (Å²) in [5, 5.41) is 10.3. The Morgan fingerprint density at radius 1 is 1.03 bits per heavy atom. The zero-order chi connectivity index (χ0) is 41.9. The predicted molar refractivity (Wildman–Crippen MR) is 223 cm³/mol. The maximum absolute atomic E-state index is 16.7. The number of aromatic nitrogens is 2. The number of benzene rings is 3. The smallest absolute Gasteiger partial charge is 0.240 e. The lowest BCUT2D eigenvalue weighted by atomic mass is 9.95. The number of fused-ring (bicyclic) bond motifs is 2. The van der Waals surface area contributed by atoms with Crippen molar-refractivity contribution in [2.75, 3.05) is 33.3 Å². The molecule has 13 nitrogen and oxygen atoms in total. The van der Waals surface area contributed by atoms with E-state index in [1.165, 1.54) is 0 Å². The molecule has 3 atom stereocenters. The monoisotopic (exact) mass is 854 g/mol. The van der Waals surface area contributed by atoms with Crippen LogP contribution in [0.5, 0.6) is 11.8 Å². The van der Waals surface area contributed by atoms with Crippen LogP contribution in [0, 0.1) is 18.3 Å². The fourth-order valence-electron chi connectivity index (χ4n) is 8.69. The van der Waals surface area contributed by atoms with Gasteiger partial charge < -0.3 is 19.0 Å². The van der Waals surface area contributed by atoms with Crippen molar-refractivity contribution in [3.05, 3.63) is 99.1 Å². The molecule has 2 saturated heterocycles. The van der Waals surface area contributed by atoms with Crippen molar-refractivity contribution >= 4 is 44.3 Å². The summed E-state index contributed by atoms with van der Waals surface area (Å²) in [6, 6.07) is 16.1. The highest BCUT2D eigenvalue weighted by atomic mass is 35.5. The highest BCUT2D eigenvalue weighted by Gasteiger charge is 2.51. The van der Waals surface area contributed by atoms with E-state index in [2.05, 4.69) is 24.4 Å². The van der Waals surface area contributed by atoms with Gasteiger partial charge >= 0.3 is 0 Å². The number of amides is 1. The Bertz CT molecular complexity index is 2680. The largest absolute Gasteiger partial charge is 0.481 e. The van der Waals surface area contributed by atoms with Gasteiger partial charge in [0.05, 0.1) is 41.5 Å². The van der Waals surface area contributed by atoms with Crippen molar-refractivity contribution in [3.63, 3.8) is 0 Å². The Morgan fingerprint density at radius 2 is 1.78 bits per heavy atom. The molecule has 2 N–H and O–H groups in total. The number of β-amino-alcohol motifs (C(OH)–C–C–N with tert-alkyl or cyclic N) is 1. The molecule has 0 spiro atoms. The summed E-state index contributed by atoms with van der Waals surface area (Å²) in [5.41, 5.74) is 5.56. The molecular weight excluding hydrogens is 811 g/mol. The molecule has 16 heteroatoms. The first-order chi connectivity index (χ1) is 28.8. The summed E-state index contributed by atoms with van der Waals surface area (Å²) in [6.45, 7) is 12.8. The van der Waals surface area contributed by atoms with E-state index in [4.69, 9.17) is 32.1 Å². The molecule has 4 aliphatic rings. The van der Waals surface area contributed by atoms with Crippen molar-refractivity contribution in [1.29, 1.82) is 0 Å². The number of aliphatic hydroxyl groups is 1. The summed E-state index contributed by atoms with van der Waals surface area (Å²) < 4.78 is 61.5. The third kappa shape index (κ3) is 7.60. The Hall–Kier alpha value is -5.11. The van der Waals surface area contributed by atoms with Crippen molar-refractivity contribution < 1.29 is 36.6 Å². The number of nitrogens with one attached hydrogen (secondary N) is 1. The molecule has 0 radical (unpaired) electrons. The highest BCUT2D eigenvalue weighted by Crippen LogP contribution is 2.45. The predicted octanol–water partition coefficient (Wildman–Crippen LogP) is 7.36. The number of sulfonamides is 1. The molecule has 2 aliphatic carbocycles. The number of hydrogen-bond donors (Lipinski definition) is 2. The second-order valence-electron chi connectivity index (χ2n) is 16.5. The van der Waals surface area contributed by atoms with Crippen molar-refractivity contribution in [2.24, 2.45) is 5.92 Å². The molecule has 4 heterocycles. The molecule has 1 amide bonds. The number of carbonyl (C=O) groups excluding carboxylic acids is 1. The molecule has 3 fully saturated rings. The Kier molecular flexibility index (Phi) is 10.6. The van der Waals surface area contributed by atoms with Crippen LogP contribution < -0.4 is 14.2 Å². The first-order valence-electron chi connectivity index (χ1n) is 20.1. The average molecular weight is 855 g/mol. The third-order valence-electron chi connectivity index (χ3n) is 12.3. The standard InChI is InChI=1S/C44H44ClFN6O7S/c1-44(14-15-44)60(55,56)50-40(54)26-12-16-51(22-26)21-25-18-35(47-2)39-36(19-25)48-42(59-39)33-9-5-8-32(38(33)46)29-6-4-7-31-30(29)10-11-37(31)58-43-34(45)20-27(41(49-43)57-3)23-52-17-13-28(53)24-52/h4-9,18-20,26,28,37,53H,10-17,21-24H2,1,3H3,(H,50,54)/t26-,28-,37-/m1/s1. The fraction of sp³-hybridized carbons (Fsp3) is 0.409. The summed E-state index contributed by atoms with van der Waals surface area (Å²) in [4.78, 5) is 30.0. The summed E-state index contributed by atoms with van der Waals surface area (Å²) in [5.74, 6) is -0.771. The van der Waals surface area contributed by atoms with E-state index in [-0.39, 0.29) is 40.8 Å². The van der Waals surface area contributed by atoms with Crippen LogP contribution in [0.3, 0.4) is 0 Å². The SMILES string of the molecule is [C-]#[N+]c1cc(CN2CC[C@@H](C(=O)NS(=O)(=O)C3(C)CC3)C2)cc2nc(-c3cccc(-c4cccc5c4CC[C@H]5Oc4nc(OC)c(CN5CC[C@@H](O)C5)cc4Cl)c3F)oc12. The van der Waals surface area contributed by atoms with Gasteiger partial charge in [-0.2, -0.15) is 4.98 Å². The van der Waals surface area contributed by atoms with Gasteiger partial charge in [-0.05, 0) is 98.5 Å². The van der Waals surface area contributed by atoms with Crippen LogP contribution in [0.15, 0.2) is 59.0 Å². The number of hydrogen-bond acceptors (Lipinski definition) is 11. The van der Waals surface area contributed by atoms with E-state index in [1.54, 1.807) is 50.4 Å². The minimum absolute atomic E-state index is 0.0441. The van der Waals surface area contributed by atoms with Crippen LogP contribution >= 0.6 is 11.6 Å². The number of likely N-dealkylation sites (tertiary alicyclic amines) is 2. The summed E-state index contributed by atoms with van der Waals surface area (Å²) >= 11 is 6.72. The van der Waals surface area contributed by atoms with E-state index in [0.717, 1.165) is 40.8 Å². The molecule has 0 unspecified atom stereocenters. The topological polar surface area (TPSA) is 152 Å². The number of methoxy groups -OCH3 is 1. The lowest BCUT2D eigenvalue weighted by Gasteiger charge is -2.20. The number of carbonyl (C=O) groups is 1. The molecule has 0 bridgehead atoms. The minimum atomic E-state index is -3.72. The van der Waals surface area contributed by atoms with Gasteiger partial charge in [0, 0.05) is 43.9 Å². The quantitative estimate of drug-likeness (QED) is 0.121. The van der Waals surface area contributed by atoms with E-state index in [1.807, 2.05) is 23.1 Å². The number of pyridine rings is 1. The molecule has 312 valence electrons. The van der Waals surface area contributed by atoms with Gasteiger partial charge in [-0.25, -0.2) is 22.6 Å². The van der Waals surface area contributed by atoms with Gasteiger partial charge in [-0.3, -0.25) is 19.3 Å². The first kappa shape index (κ1) is 40.3. The molecule has 60 heavy (non-hydrogen) atoms. The van der Waals surface area contributed by atoms with Crippen LogP contribution in [0.25, 0.3) is 38.5 Å². The Morgan fingerprint density at radius 3 is 2.53 bits per heavy atom. The second-order valence-corrected chi connectivity index (χ2v) is 19.1. The van der Waals surface area contributed by atoms with Crippen LogP contribution in [-0.4, -0.2) is 83.3 Å². The van der Waals surface area contributed by atoms with Crippen LogP contribution in [0.4, 0.5) is 10.1 Å². The van der Waals surface area contributed by atoms with E-state index >= 15 is 4.39 Å². The number of rotatable bonds is 12. The minimum Gasteiger partial charge on any atom is -0.481 e. The van der Waals surface area contributed by atoms with Gasteiger partial charge in [-0.1, -0.05) is 41.9 Å². The molecule has 9 rings (SSSR count). The van der Waals surface area contributed by atoms with Gasteiger partial charge in [0.25, 0.3) is 0 Å². The highest BCUT2D eigenvalue weighted by molar-refractivity contribution is 7.91. The molecule has 5 aromatic rings. The zero-order valence-electron chi connectivity index (χ0n) is 33.2. The number of halogens is 2. The van der Waals surface area contributed by atoms with Crippen LogP contribution in [0.1, 0.15) is 67.4 Å². The first-order valence-corrected chi connectivity index (χ1v) is 22.0. The van der Waals surface area contributed by atoms with Gasteiger partial charge in [0.1, 0.15) is 16.9 Å². The van der Waals surface area contributed by atoms with E-state index < -0.39 is 32.4 Å². The van der Waals surface area contributed by atoms with Gasteiger partial charge in [-0.15, -0.1) is 0 Å². The van der Waals surface area contributed by atoms with E-state index in [0.29, 0.717) is 86.8 Å². The maximum atomic E-state index is 16.7. The third-order valence-corrected chi connectivity index (χ3v) is 14.8. The maximum Gasteiger partial charge on any atom is 0.240 e. The van der Waals surface area contributed by atoms with Gasteiger partial charge in [0.2, 0.25) is 39.3 Å². The van der Waals surface area contributed by atoms with Crippen molar-refractivity contribution in [1.82, 2.24) is 24.5 Å². The zero-order valence-corrected chi connectivity index (χ0v) is 34.8. The normalized spacial score (nSPS) is 21.2. The number of ether oxygens (including phenoxy) is 2. The molecular formula is C44H44ClFN6O7S. The molecule has 2 aromatic heterocycles. The van der Waals surface area contributed by atoms with Crippen molar-refractivity contribution in [3.8, 4) is 34.3 Å². The second kappa shape index (κ2) is 15.7. The molecule has 2 aliphatic heterocycles. The summed E-state index contributed by atoms with van der Waals surface area (Å²) in [6.07, 6.45) is 2.84.